The average molecular weight is 398 g/mol. The summed E-state index contributed by atoms with van der Waals surface area (Å²) >= 11 is 0. The van der Waals surface area contributed by atoms with E-state index in [9.17, 15) is 13.2 Å². The van der Waals surface area contributed by atoms with E-state index < -0.39 is 10.0 Å². The molecule has 3 rings (SSSR count). The van der Waals surface area contributed by atoms with Crippen molar-refractivity contribution in [2.75, 3.05) is 16.2 Å². The predicted molar refractivity (Wildman–Crippen MR) is 109 cm³/mol. The van der Waals surface area contributed by atoms with Gasteiger partial charge in [0, 0.05) is 29.3 Å². The van der Waals surface area contributed by atoms with E-state index in [0.717, 1.165) is 11.3 Å². The van der Waals surface area contributed by atoms with Crippen molar-refractivity contribution in [3.63, 3.8) is 0 Å². The first-order valence-electron chi connectivity index (χ1n) is 9.04. The summed E-state index contributed by atoms with van der Waals surface area (Å²) in [6.07, 6.45) is 0. The number of fused-ring (bicyclic) bond motifs is 1. The molecule has 28 heavy (non-hydrogen) atoms. The number of rotatable bonds is 4. The molecule has 0 radical (unpaired) electrons. The van der Waals surface area contributed by atoms with E-state index in [1.54, 1.807) is 41.3 Å². The molecule has 1 N–H and O–H groups in total. The molecule has 1 aliphatic heterocycles. The molecule has 7 heteroatoms. The number of carbonyl (C=O) groups excluding carboxylic acids is 1. The summed E-state index contributed by atoms with van der Waals surface area (Å²) in [5.41, 5.74) is 2.09. The summed E-state index contributed by atoms with van der Waals surface area (Å²) in [6, 6.07) is 13.1. The number of nitriles is 1. The van der Waals surface area contributed by atoms with Crippen LogP contribution in [0, 0.1) is 17.2 Å². The van der Waals surface area contributed by atoms with Crippen molar-refractivity contribution in [3.05, 3.63) is 53.6 Å². The number of hydrogen-bond donors (Lipinski definition) is 1. The Hall–Kier alpha value is -2.85. The van der Waals surface area contributed by atoms with Gasteiger partial charge in [-0.1, -0.05) is 27.7 Å². The highest BCUT2D eigenvalue weighted by molar-refractivity contribution is 7.92. The van der Waals surface area contributed by atoms with Gasteiger partial charge in [-0.05, 0) is 48.0 Å². The molecule has 1 heterocycles. The van der Waals surface area contributed by atoms with E-state index in [0.29, 0.717) is 17.8 Å². The van der Waals surface area contributed by atoms with Crippen molar-refractivity contribution in [1.29, 1.82) is 5.26 Å². The first kappa shape index (κ1) is 19.9. The van der Waals surface area contributed by atoms with Crippen LogP contribution in [0.5, 0.6) is 0 Å². The maximum atomic E-state index is 12.8. The van der Waals surface area contributed by atoms with Crippen molar-refractivity contribution in [2.45, 2.75) is 38.0 Å². The van der Waals surface area contributed by atoms with Gasteiger partial charge in [0.2, 0.25) is 5.91 Å². The third-order valence-corrected chi connectivity index (χ3v) is 6.26. The molecule has 2 aromatic carbocycles. The van der Waals surface area contributed by atoms with Crippen molar-refractivity contribution < 1.29 is 13.2 Å². The van der Waals surface area contributed by atoms with Crippen LogP contribution in [-0.2, 0) is 20.2 Å². The van der Waals surface area contributed by atoms with Gasteiger partial charge in [0.1, 0.15) is 0 Å². The molecule has 6 nitrogen and oxygen atoms in total. The number of amides is 1. The smallest absolute Gasteiger partial charge is 0.261 e. The van der Waals surface area contributed by atoms with E-state index >= 15 is 0 Å². The zero-order valence-electron chi connectivity index (χ0n) is 16.4. The van der Waals surface area contributed by atoms with Crippen molar-refractivity contribution in [2.24, 2.45) is 5.92 Å². The van der Waals surface area contributed by atoms with Crippen LogP contribution in [0.1, 0.15) is 38.8 Å². The maximum Gasteiger partial charge on any atom is 0.261 e. The van der Waals surface area contributed by atoms with Crippen LogP contribution in [-0.4, -0.2) is 20.9 Å². The molecule has 0 spiro atoms. The summed E-state index contributed by atoms with van der Waals surface area (Å²) in [7, 11) is -3.80. The SMILES string of the molecule is CC(C)C(=O)N1CC(C)(C)c2cc(S(=O)(=O)Nc3ccc(C#N)cc3)ccc21. The number of hydrogen-bond acceptors (Lipinski definition) is 4. The quantitative estimate of drug-likeness (QED) is 0.853. The molecule has 0 saturated carbocycles. The van der Waals surface area contributed by atoms with Gasteiger partial charge in [0.25, 0.3) is 10.0 Å². The molecule has 1 aliphatic rings. The van der Waals surface area contributed by atoms with Crippen molar-refractivity contribution in [3.8, 4) is 6.07 Å². The molecular formula is C21H23N3O3S. The van der Waals surface area contributed by atoms with E-state index in [1.165, 1.54) is 6.07 Å². The molecular weight excluding hydrogens is 374 g/mol. The number of anilines is 2. The fourth-order valence-electron chi connectivity index (χ4n) is 3.36. The summed E-state index contributed by atoms with van der Waals surface area (Å²) in [5.74, 6) is -0.110. The number of carbonyl (C=O) groups is 1. The lowest BCUT2D eigenvalue weighted by Crippen LogP contribution is -2.36. The second-order valence-corrected chi connectivity index (χ2v) is 9.62. The van der Waals surface area contributed by atoms with Gasteiger partial charge in [0.05, 0.1) is 16.5 Å². The Kier molecular flexibility index (Phi) is 4.94. The molecule has 0 fully saturated rings. The van der Waals surface area contributed by atoms with E-state index in [2.05, 4.69) is 4.72 Å². The lowest BCUT2D eigenvalue weighted by molar-refractivity contribution is -0.121. The van der Waals surface area contributed by atoms with Crippen LogP contribution in [0.25, 0.3) is 0 Å². The highest BCUT2D eigenvalue weighted by atomic mass is 32.2. The molecule has 0 bridgehead atoms. The zero-order valence-corrected chi connectivity index (χ0v) is 17.2. The zero-order chi connectivity index (χ0) is 20.7. The first-order valence-corrected chi connectivity index (χ1v) is 10.5. The second kappa shape index (κ2) is 6.95. The van der Waals surface area contributed by atoms with Gasteiger partial charge >= 0.3 is 0 Å². The third-order valence-electron chi connectivity index (χ3n) is 4.88. The van der Waals surface area contributed by atoms with Crippen LogP contribution in [0.4, 0.5) is 11.4 Å². The molecule has 146 valence electrons. The molecule has 0 aromatic heterocycles. The molecule has 0 saturated heterocycles. The minimum Gasteiger partial charge on any atom is -0.311 e. The number of nitrogens with one attached hydrogen (secondary N) is 1. The normalized spacial score (nSPS) is 15.2. The van der Waals surface area contributed by atoms with Crippen molar-refractivity contribution in [1.82, 2.24) is 0 Å². The van der Waals surface area contributed by atoms with Gasteiger partial charge < -0.3 is 4.90 Å². The number of sulfonamides is 1. The summed E-state index contributed by atoms with van der Waals surface area (Å²) in [4.78, 5) is 14.4. The van der Waals surface area contributed by atoms with Crippen LogP contribution < -0.4 is 9.62 Å². The minimum atomic E-state index is -3.80. The van der Waals surface area contributed by atoms with Gasteiger partial charge in [-0.25, -0.2) is 8.42 Å². The fourth-order valence-corrected chi connectivity index (χ4v) is 4.44. The van der Waals surface area contributed by atoms with E-state index in [4.69, 9.17) is 5.26 Å². The second-order valence-electron chi connectivity index (χ2n) is 7.94. The minimum absolute atomic E-state index is 0.0261. The fraction of sp³-hybridized carbons (Fsp3) is 0.333. The maximum absolute atomic E-state index is 12.8. The van der Waals surface area contributed by atoms with Crippen LogP contribution >= 0.6 is 0 Å². The third kappa shape index (κ3) is 3.60. The Labute approximate surface area is 165 Å². The summed E-state index contributed by atoms with van der Waals surface area (Å²) in [6.45, 7) is 8.24. The molecule has 0 atom stereocenters. The predicted octanol–water partition coefficient (Wildman–Crippen LogP) is 3.64. The Morgan fingerprint density at radius 2 is 1.82 bits per heavy atom. The Morgan fingerprint density at radius 3 is 2.39 bits per heavy atom. The van der Waals surface area contributed by atoms with E-state index in [-0.39, 0.29) is 22.1 Å². The lowest BCUT2D eigenvalue weighted by atomic mass is 9.87. The van der Waals surface area contributed by atoms with E-state index in [1.807, 2.05) is 33.8 Å². The van der Waals surface area contributed by atoms with Crippen LogP contribution in [0.2, 0.25) is 0 Å². The monoisotopic (exact) mass is 397 g/mol. The van der Waals surface area contributed by atoms with Gasteiger partial charge in [-0.15, -0.1) is 0 Å². The molecule has 1 amide bonds. The summed E-state index contributed by atoms with van der Waals surface area (Å²) < 4.78 is 28.2. The Morgan fingerprint density at radius 1 is 1.18 bits per heavy atom. The van der Waals surface area contributed by atoms with Gasteiger partial charge in [0.15, 0.2) is 0 Å². The van der Waals surface area contributed by atoms with Crippen LogP contribution in [0.15, 0.2) is 47.4 Å². The average Bonchev–Trinajstić information content (AvgIpc) is 2.92. The highest BCUT2D eigenvalue weighted by Gasteiger charge is 2.39. The first-order chi connectivity index (χ1) is 13.0. The highest BCUT2D eigenvalue weighted by Crippen LogP contribution is 2.42. The molecule has 2 aromatic rings. The Balaban J connectivity index is 1.96. The molecule has 0 unspecified atom stereocenters. The summed E-state index contributed by atoms with van der Waals surface area (Å²) in [5, 5.41) is 8.86. The lowest BCUT2D eigenvalue weighted by Gasteiger charge is -2.22. The number of benzene rings is 2. The topological polar surface area (TPSA) is 90.3 Å². The Bertz CT molecular complexity index is 1070. The standard InChI is InChI=1S/C21H23N3O3S/c1-14(2)20(25)24-13-21(3,4)18-11-17(9-10-19(18)24)28(26,27)23-16-7-5-15(12-22)6-8-16/h5-11,14,23H,13H2,1-4H3. The van der Waals surface area contributed by atoms with Crippen LogP contribution in [0.3, 0.4) is 0 Å². The van der Waals surface area contributed by atoms with Gasteiger partial charge in [-0.3, -0.25) is 9.52 Å². The van der Waals surface area contributed by atoms with Gasteiger partial charge in [-0.2, -0.15) is 5.26 Å². The molecule has 0 aliphatic carbocycles. The number of nitrogens with zero attached hydrogens (tertiary/aromatic N) is 2. The van der Waals surface area contributed by atoms with Crippen molar-refractivity contribution >= 4 is 27.3 Å². The largest absolute Gasteiger partial charge is 0.311 e.